The van der Waals surface area contributed by atoms with Crippen molar-refractivity contribution in [2.45, 2.75) is 26.8 Å². The second-order valence-electron chi connectivity index (χ2n) is 5.14. The van der Waals surface area contributed by atoms with Gasteiger partial charge in [-0.15, -0.1) is 0 Å². The number of rotatable bonds is 7. The molecule has 0 aliphatic rings. The number of nitrogens with one attached hydrogen (secondary N) is 1. The van der Waals surface area contributed by atoms with Gasteiger partial charge >= 0.3 is 0 Å². The average Bonchev–Trinajstić information content (AvgIpc) is 2.51. The van der Waals surface area contributed by atoms with Crippen LogP contribution in [0.4, 0.5) is 0 Å². The predicted molar refractivity (Wildman–Crippen MR) is 83.5 cm³/mol. The van der Waals surface area contributed by atoms with Crippen molar-refractivity contribution in [2.75, 3.05) is 20.8 Å². The number of hydrogen-bond acceptors (Lipinski definition) is 4. The number of hydroxylamine groups is 2. The molecule has 22 heavy (non-hydrogen) atoms. The number of benzene rings is 1. The van der Waals surface area contributed by atoms with Crippen LogP contribution in [0.5, 0.6) is 5.75 Å². The van der Waals surface area contributed by atoms with Gasteiger partial charge in [0, 0.05) is 7.05 Å². The maximum absolute atomic E-state index is 12.5. The minimum atomic E-state index is -0.674. The molecule has 1 aromatic carbocycles. The SMILES string of the molecule is CCOc1ccccc1C(=O)N[C@H](C(=O)N(C)OC)C(C)C. The van der Waals surface area contributed by atoms with Gasteiger partial charge in [0.05, 0.1) is 19.3 Å². The Morgan fingerprint density at radius 3 is 2.45 bits per heavy atom. The van der Waals surface area contributed by atoms with Gasteiger partial charge in [0.25, 0.3) is 11.8 Å². The molecule has 0 saturated carbocycles. The molecular weight excluding hydrogens is 284 g/mol. The molecule has 0 fully saturated rings. The zero-order valence-electron chi connectivity index (χ0n) is 13.8. The lowest BCUT2D eigenvalue weighted by Crippen LogP contribution is -2.50. The van der Waals surface area contributed by atoms with Crippen molar-refractivity contribution in [3.63, 3.8) is 0 Å². The predicted octanol–water partition coefficient (Wildman–Crippen LogP) is 1.86. The Kier molecular flexibility index (Phi) is 6.85. The average molecular weight is 308 g/mol. The lowest BCUT2D eigenvalue weighted by molar-refractivity contribution is -0.171. The molecule has 0 aromatic heterocycles. The van der Waals surface area contributed by atoms with Crippen molar-refractivity contribution in [1.29, 1.82) is 0 Å². The van der Waals surface area contributed by atoms with E-state index < -0.39 is 6.04 Å². The third-order valence-electron chi connectivity index (χ3n) is 3.24. The van der Waals surface area contributed by atoms with Crippen LogP contribution in [0.25, 0.3) is 0 Å². The molecule has 0 aliphatic carbocycles. The number of amides is 2. The van der Waals surface area contributed by atoms with Crippen LogP contribution in [0.3, 0.4) is 0 Å². The first-order valence-corrected chi connectivity index (χ1v) is 7.26. The summed E-state index contributed by atoms with van der Waals surface area (Å²) in [7, 11) is 2.92. The Morgan fingerprint density at radius 1 is 1.27 bits per heavy atom. The van der Waals surface area contributed by atoms with Crippen LogP contribution < -0.4 is 10.1 Å². The number of likely N-dealkylation sites (N-methyl/N-ethyl adjacent to an activating group) is 1. The Labute approximate surface area is 131 Å². The lowest BCUT2D eigenvalue weighted by Gasteiger charge is -2.25. The normalized spacial score (nSPS) is 11.9. The van der Waals surface area contributed by atoms with Crippen LogP contribution >= 0.6 is 0 Å². The summed E-state index contributed by atoms with van der Waals surface area (Å²) in [6.07, 6.45) is 0. The van der Waals surface area contributed by atoms with Gasteiger partial charge < -0.3 is 10.1 Å². The molecule has 1 aromatic rings. The fraction of sp³-hybridized carbons (Fsp3) is 0.500. The molecule has 1 atom stereocenters. The van der Waals surface area contributed by atoms with E-state index in [-0.39, 0.29) is 17.7 Å². The maximum Gasteiger partial charge on any atom is 0.268 e. The van der Waals surface area contributed by atoms with E-state index in [1.165, 1.54) is 14.2 Å². The van der Waals surface area contributed by atoms with Gasteiger partial charge in [-0.3, -0.25) is 14.4 Å². The van der Waals surface area contributed by atoms with Crippen molar-refractivity contribution in [2.24, 2.45) is 5.92 Å². The first-order chi connectivity index (χ1) is 10.4. The molecule has 1 N–H and O–H groups in total. The Balaban J connectivity index is 2.95. The molecule has 0 saturated heterocycles. The van der Waals surface area contributed by atoms with E-state index in [9.17, 15) is 9.59 Å². The molecule has 0 radical (unpaired) electrons. The highest BCUT2D eigenvalue weighted by molar-refractivity contribution is 5.99. The number of carbonyl (C=O) groups is 2. The van der Waals surface area contributed by atoms with Gasteiger partial charge in [0.15, 0.2) is 0 Å². The van der Waals surface area contributed by atoms with Crippen molar-refractivity contribution in [1.82, 2.24) is 10.4 Å². The zero-order chi connectivity index (χ0) is 16.7. The van der Waals surface area contributed by atoms with Crippen LogP contribution in [-0.2, 0) is 9.63 Å². The largest absolute Gasteiger partial charge is 0.493 e. The van der Waals surface area contributed by atoms with Gasteiger partial charge in [0.1, 0.15) is 11.8 Å². The highest BCUT2D eigenvalue weighted by Gasteiger charge is 2.28. The molecule has 0 unspecified atom stereocenters. The van der Waals surface area contributed by atoms with E-state index in [1.807, 2.05) is 20.8 Å². The summed E-state index contributed by atoms with van der Waals surface area (Å²) in [6.45, 7) is 6.04. The molecule has 0 bridgehead atoms. The van der Waals surface area contributed by atoms with Gasteiger partial charge in [-0.25, -0.2) is 5.06 Å². The molecule has 1 rings (SSSR count). The van der Waals surface area contributed by atoms with Gasteiger partial charge in [-0.05, 0) is 25.0 Å². The Morgan fingerprint density at radius 2 is 1.91 bits per heavy atom. The molecule has 6 nitrogen and oxygen atoms in total. The molecule has 122 valence electrons. The minimum absolute atomic E-state index is 0.0756. The van der Waals surface area contributed by atoms with Crippen LogP contribution in [0, 0.1) is 5.92 Å². The first-order valence-electron chi connectivity index (χ1n) is 7.26. The van der Waals surface area contributed by atoms with Crippen LogP contribution in [0.1, 0.15) is 31.1 Å². The fourth-order valence-electron chi connectivity index (χ4n) is 1.95. The number of nitrogens with zero attached hydrogens (tertiary/aromatic N) is 1. The van der Waals surface area contributed by atoms with E-state index in [0.717, 1.165) is 5.06 Å². The fourth-order valence-corrected chi connectivity index (χ4v) is 1.95. The third kappa shape index (κ3) is 4.46. The summed E-state index contributed by atoms with van der Waals surface area (Å²) in [5.41, 5.74) is 0.405. The standard InChI is InChI=1S/C16H24N2O4/c1-6-22-13-10-8-7-9-12(13)15(19)17-14(11(2)3)16(20)18(4)21-5/h7-11,14H,6H2,1-5H3,(H,17,19)/t14-/m0/s1. The first kappa shape index (κ1) is 18.0. The van der Waals surface area contributed by atoms with E-state index in [4.69, 9.17) is 9.57 Å². The van der Waals surface area contributed by atoms with Crippen molar-refractivity contribution in [3.05, 3.63) is 29.8 Å². The summed E-state index contributed by atoms with van der Waals surface area (Å²) >= 11 is 0. The smallest absolute Gasteiger partial charge is 0.268 e. The van der Waals surface area contributed by atoms with Crippen molar-refractivity contribution >= 4 is 11.8 Å². The number of hydrogen-bond donors (Lipinski definition) is 1. The second-order valence-corrected chi connectivity index (χ2v) is 5.14. The zero-order valence-corrected chi connectivity index (χ0v) is 13.8. The summed E-state index contributed by atoms with van der Waals surface area (Å²) in [4.78, 5) is 29.6. The lowest BCUT2D eigenvalue weighted by atomic mass is 10.0. The number of para-hydroxylation sites is 1. The highest BCUT2D eigenvalue weighted by Crippen LogP contribution is 2.18. The summed E-state index contributed by atoms with van der Waals surface area (Å²) < 4.78 is 5.45. The molecule has 2 amide bonds. The molecule has 0 heterocycles. The minimum Gasteiger partial charge on any atom is -0.493 e. The Hall–Kier alpha value is -2.08. The maximum atomic E-state index is 12.5. The number of carbonyl (C=O) groups excluding carboxylic acids is 2. The van der Waals surface area contributed by atoms with Crippen LogP contribution in [0.2, 0.25) is 0 Å². The summed E-state index contributed by atoms with van der Waals surface area (Å²) in [5.74, 6) is -0.230. The summed E-state index contributed by atoms with van der Waals surface area (Å²) in [5, 5.41) is 3.87. The topological polar surface area (TPSA) is 67.9 Å². The van der Waals surface area contributed by atoms with Crippen molar-refractivity contribution < 1.29 is 19.2 Å². The quantitative estimate of drug-likeness (QED) is 0.781. The van der Waals surface area contributed by atoms with Gasteiger partial charge in [0.2, 0.25) is 0 Å². The highest BCUT2D eigenvalue weighted by atomic mass is 16.7. The molecular formula is C16H24N2O4. The van der Waals surface area contributed by atoms with E-state index in [1.54, 1.807) is 24.3 Å². The third-order valence-corrected chi connectivity index (χ3v) is 3.24. The molecule has 0 spiro atoms. The molecule has 0 aliphatic heterocycles. The van der Waals surface area contributed by atoms with Gasteiger partial charge in [-0.1, -0.05) is 26.0 Å². The van der Waals surface area contributed by atoms with E-state index in [2.05, 4.69) is 5.32 Å². The van der Waals surface area contributed by atoms with E-state index >= 15 is 0 Å². The number of ether oxygens (including phenoxy) is 1. The monoisotopic (exact) mass is 308 g/mol. The molecule has 6 heteroatoms. The van der Waals surface area contributed by atoms with Crippen LogP contribution in [0.15, 0.2) is 24.3 Å². The summed E-state index contributed by atoms with van der Waals surface area (Å²) in [6, 6.07) is 6.28. The van der Waals surface area contributed by atoms with E-state index in [0.29, 0.717) is 17.9 Å². The van der Waals surface area contributed by atoms with Gasteiger partial charge in [-0.2, -0.15) is 0 Å². The second kappa shape index (κ2) is 8.38. The Bertz CT molecular complexity index is 517. The van der Waals surface area contributed by atoms with Crippen LogP contribution in [-0.4, -0.2) is 43.7 Å². The van der Waals surface area contributed by atoms with Crippen molar-refractivity contribution in [3.8, 4) is 5.75 Å².